The summed E-state index contributed by atoms with van der Waals surface area (Å²) in [5.41, 5.74) is -1.09. The Morgan fingerprint density at radius 1 is 1.14 bits per heavy atom. The first-order chi connectivity index (χ1) is 6.36. The second-order valence-corrected chi connectivity index (χ2v) is 2.23. The first-order valence-corrected chi connectivity index (χ1v) is 3.32. The largest absolute Gasteiger partial charge is 0.481 e. The number of aliphatic carboxylic acids is 3. The summed E-state index contributed by atoms with van der Waals surface area (Å²) in [4.78, 5) is 30.7. The van der Waals surface area contributed by atoms with Crippen molar-refractivity contribution in [3.05, 3.63) is 12.2 Å². The average molecular weight is 201 g/mol. The van der Waals surface area contributed by atoms with Crippen LogP contribution in [0.1, 0.15) is 0 Å². The van der Waals surface area contributed by atoms with Crippen molar-refractivity contribution in [2.45, 2.75) is 0 Å². The summed E-state index contributed by atoms with van der Waals surface area (Å²) < 4.78 is 0. The fraction of sp³-hybridized carbons (Fsp3) is 0.143. The van der Waals surface area contributed by atoms with E-state index in [0.29, 0.717) is 12.2 Å². The number of carboxylic acids is 3. The highest BCUT2D eigenvalue weighted by atomic mass is 16.4. The number of rotatable bonds is 5. The van der Waals surface area contributed by atoms with Crippen LogP contribution in [0.4, 0.5) is 0 Å². The topological polar surface area (TPSA) is 136 Å². The maximum atomic E-state index is 10.4. The van der Waals surface area contributed by atoms with E-state index in [1.54, 1.807) is 0 Å². The van der Waals surface area contributed by atoms with Crippen molar-refractivity contribution < 1.29 is 29.7 Å². The fourth-order valence-electron chi connectivity index (χ4n) is 0.614. The van der Waals surface area contributed by atoms with Gasteiger partial charge >= 0.3 is 17.9 Å². The predicted octanol–water partition coefficient (Wildman–Crippen LogP) is -0.568. The Morgan fingerprint density at radius 2 is 1.64 bits per heavy atom. The molecule has 0 amide bonds. The Bertz CT molecular complexity index is 318. The molecule has 1 unspecified atom stereocenters. The van der Waals surface area contributed by atoms with Crippen LogP contribution >= 0.6 is 0 Å². The third kappa shape index (κ3) is 3.48. The van der Waals surface area contributed by atoms with E-state index in [0.717, 1.165) is 0 Å². The molecule has 0 aliphatic carbocycles. The summed E-state index contributed by atoms with van der Waals surface area (Å²) in [6, 6.07) is 0. The molecular formula is C7H7NO6. The molecule has 0 heterocycles. The molecule has 76 valence electrons. The molecule has 0 aromatic rings. The molecule has 4 N–H and O–H groups in total. The Balaban J connectivity index is 4.79. The molecule has 7 nitrogen and oxygen atoms in total. The van der Waals surface area contributed by atoms with Crippen LogP contribution in [0.15, 0.2) is 12.2 Å². The van der Waals surface area contributed by atoms with Crippen molar-refractivity contribution >= 4 is 23.6 Å². The summed E-state index contributed by atoms with van der Waals surface area (Å²) in [6.07, 6.45) is 1.11. The number of carboxylic acid groups (broad SMARTS) is 3. The zero-order valence-corrected chi connectivity index (χ0v) is 6.80. The van der Waals surface area contributed by atoms with Gasteiger partial charge in [-0.2, -0.15) is 0 Å². The normalized spacial score (nSPS) is 12.3. The molecular weight excluding hydrogens is 194 g/mol. The molecule has 0 radical (unpaired) electrons. The van der Waals surface area contributed by atoms with Crippen LogP contribution in [-0.4, -0.2) is 38.9 Å². The fourth-order valence-corrected chi connectivity index (χ4v) is 0.614. The highest BCUT2D eigenvalue weighted by Crippen LogP contribution is 2.02. The molecule has 0 saturated heterocycles. The lowest BCUT2D eigenvalue weighted by atomic mass is 10.0. The van der Waals surface area contributed by atoms with Gasteiger partial charge in [-0.1, -0.05) is 6.08 Å². The van der Waals surface area contributed by atoms with Gasteiger partial charge in [-0.25, -0.2) is 9.59 Å². The van der Waals surface area contributed by atoms with Crippen molar-refractivity contribution in [2.24, 2.45) is 5.92 Å². The van der Waals surface area contributed by atoms with Gasteiger partial charge in [0.25, 0.3) is 0 Å². The van der Waals surface area contributed by atoms with Crippen LogP contribution < -0.4 is 0 Å². The van der Waals surface area contributed by atoms with Gasteiger partial charge in [0.15, 0.2) is 0 Å². The molecule has 14 heavy (non-hydrogen) atoms. The van der Waals surface area contributed by atoms with Gasteiger partial charge in [0.05, 0.1) is 0 Å². The minimum absolute atomic E-state index is 0.482. The maximum Gasteiger partial charge on any atom is 0.350 e. The molecule has 0 bridgehead atoms. The average Bonchev–Trinajstić information content (AvgIpc) is 2.02. The number of carbonyl (C=O) groups is 3. The lowest BCUT2D eigenvalue weighted by Gasteiger charge is -2.03. The lowest BCUT2D eigenvalue weighted by Crippen LogP contribution is -2.27. The summed E-state index contributed by atoms with van der Waals surface area (Å²) in [5, 5.41) is 31.8. The SMILES string of the molecule is N=C(C(=O)O)C(C=CC(=O)O)C(=O)O. The summed E-state index contributed by atoms with van der Waals surface area (Å²) >= 11 is 0. The summed E-state index contributed by atoms with van der Waals surface area (Å²) in [7, 11) is 0. The number of hydrogen-bond donors (Lipinski definition) is 4. The van der Waals surface area contributed by atoms with E-state index in [1.807, 2.05) is 0 Å². The van der Waals surface area contributed by atoms with Crippen LogP contribution in [0.25, 0.3) is 0 Å². The monoisotopic (exact) mass is 201 g/mol. The number of nitrogens with one attached hydrogen (secondary N) is 1. The molecule has 1 atom stereocenters. The molecule has 0 aromatic heterocycles. The Kier molecular flexibility index (Phi) is 4.01. The zero-order chi connectivity index (χ0) is 11.3. The van der Waals surface area contributed by atoms with E-state index in [1.165, 1.54) is 0 Å². The van der Waals surface area contributed by atoms with Gasteiger partial charge in [0, 0.05) is 6.08 Å². The van der Waals surface area contributed by atoms with Gasteiger partial charge in [-0.3, -0.25) is 10.2 Å². The van der Waals surface area contributed by atoms with Crippen LogP contribution in [0.3, 0.4) is 0 Å². The summed E-state index contributed by atoms with van der Waals surface area (Å²) in [6.45, 7) is 0. The maximum absolute atomic E-state index is 10.4. The molecule has 0 rings (SSSR count). The minimum atomic E-state index is -1.75. The first-order valence-electron chi connectivity index (χ1n) is 3.32. The third-order valence-electron chi connectivity index (χ3n) is 1.24. The Morgan fingerprint density at radius 3 is 1.93 bits per heavy atom. The van der Waals surface area contributed by atoms with Crippen LogP contribution in [0.2, 0.25) is 0 Å². The standard InChI is InChI=1S/C7H7NO6/c8-5(7(13)14)3(6(11)12)1-2-4(9)10/h1-3,8H,(H,9,10)(H,11,12)(H,13,14). The van der Waals surface area contributed by atoms with Crippen molar-refractivity contribution in [2.75, 3.05) is 0 Å². The van der Waals surface area contributed by atoms with Crippen LogP contribution in [0, 0.1) is 11.3 Å². The van der Waals surface area contributed by atoms with Crippen LogP contribution in [-0.2, 0) is 14.4 Å². The second kappa shape index (κ2) is 4.75. The van der Waals surface area contributed by atoms with Gasteiger partial charge in [0.1, 0.15) is 11.6 Å². The van der Waals surface area contributed by atoms with Crippen LogP contribution in [0.5, 0.6) is 0 Å². The van der Waals surface area contributed by atoms with Crippen molar-refractivity contribution in [1.82, 2.24) is 0 Å². The third-order valence-corrected chi connectivity index (χ3v) is 1.24. The van der Waals surface area contributed by atoms with Crippen molar-refractivity contribution in [1.29, 1.82) is 5.41 Å². The van der Waals surface area contributed by atoms with E-state index >= 15 is 0 Å². The van der Waals surface area contributed by atoms with E-state index in [-0.39, 0.29) is 0 Å². The molecule has 0 aromatic carbocycles. The number of hydrogen-bond acceptors (Lipinski definition) is 4. The molecule has 0 saturated carbocycles. The lowest BCUT2D eigenvalue weighted by molar-refractivity contribution is -0.139. The minimum Gasteiger partial charge on any atom is -0.481 e. The highest BCUT2D eigenvalue weighted by molar-refractivity contribution is 6.39. The zero-order valence-electron chi connectivity index (χ0n) is 6.80. The van der Waals surface area contributed by atoms with Gasteiger partial charge in [-0.15, -0.1) is 0 Å². The van der Waals surface area contributed by atoms with Gasteiger partial charge in [-0.05, 0) is 0 Å². The van der Waals surface area contributed by atoms with Gasteiger partial charge < -0.3 is 15.3 Å². The molecule has 0 aliphatic heterocycles. The molecule has 0 spiro atoms. The summed E-state index contributed by atoms with van der Waals surface area (Å²) in [5.74, 6) is -6.44. The molecule has 0 aliphatic rings. The predicted molar refractivity (Wildman–Crippen MR) is 43.3 cm³/mol. The van der Waals surface area contributed by atoms with E-state index in [4.69, 9.17) is 20.7 Å². The quantitative estimate of drug-likeness (QED) is 0.347. The highest BCUT2D eigenvalue weighted by Gasteiger charge is 2.25. The van der Waals surface area contributed by atoms with E-state index in [9.17, 15) is 14.4 Å². The molecule has 0 fully saturated rings. The van der Waals surface area contributed by atoms with Crippen molar-refractivity contribution in [3.8, 4) is 0 Å². The first kappa shape index (κ1) is 11.8. The Labute approximate surface area is 77.8 Å². The molecule has 7 heteroatoms. The second-order valence-electron chi connectivity index (χ2n) is 2.23. The Hall–Kier alpha value is -2.18. The van der Waals surface area contributed by atoms with Crippen molar-refractivity contribution in [3.63, 3.8) is 0 Å². The van der Waals surface area contributed by atoms with Gasteiger partial charge in [0.2, 0.25) is 0 Å². The smallest absolute Gasteiger partial charge is 0.350 e. The van der Waals surface area contributed by atoms with E-state index in [2.05, 4.69) is 0 Å². The van der Waals surface area contributed by atoms with E-state index < -0.39 is 29.5 Å².